The minimum atomic E-state index is -0.437. The molecule has 0 aromatic carbocycles. The average molecular weight is 221 g/mol. The molecule has 0 spiro atoms. The Morgan fingerprint density at radius 3 is 2.13 bits per heavy atom. The second-order valence-corrected chi connectivity index (χ2v) is 3.04. The molecular weight excluding hydrogens is 198 g/mol. The molecule has 5 heteroatoms. The first kappa shape index (κ1) is 14.3. The van der Waals surface area contributed by atoms with Gasteiger partial charge in [0.25, 0.3) is 0 Å². The molecule has 0 atom stereocenters. The molecule has 0 saturated heterocycles. The Morgan fingerprint density at radius 2 is 1.60 bits per heavy atom. The van der Waals surface area contributed by atoms with Gasteiger partial charge >= 0.3 is 0 Å². The molecule has 0 saturated carbocycles. The molecule has 15 heavy (non-hydrogen) atoms. The van der Waals surface area contributed by atoms with Crippen molar-refractivity contribution in [1.29, 1.82) is 0 Å². The van der Waals surface area contributed by atoms with Gasteiger partial charge in [-0.2, -0.15) is 0 Å². The largest absolute Gasteiger partial charge is 0.382 e. The van der Waals surface area contributed by atoms with Crippen LogP contribution >= 0.6 is 0 Å². The highest BCUT2D eigenvalue weighted by molar-refractivity contribution is 5.74. The molecule has 0 aromatic heterocycles. The number of hydrogen-bond donors (Lipinski definition) is 1. The van der Waals surface area contributed by atoms with Crippen molar-refractivity contribution in [1.82, 2.24) is 0 Å². The van der Waals surface area contributed by atoms with E-state index >= 15 is 0 Å². The van der Waals surface area contributed by atoms with Crippen LogP contribution in [0.4, 0.5) is 0 Å². The number of primary amides is 1. The predicted octanol–water partition coefficient (Wildman–Crippen LogP) is 0.568. The van der Waals surface area contributed by atoms with Gasteiger partial charge in [0, 0.05) is 34.5 Å². The van der Waals surface area contributed by atoms with E-state index in [1.165, 1.54) is 0 Å². The summed E-state index contributed by atoms with van der Waals surface area (Å²) in [6.45, 7) is 5.31. The van der Waals surface area contributed by atoms with E-state index in [9.17, 15) is 4.79 Å². The number of ether oxygens (including phenoxy) is 3. The molecule has 0 rings (SSSR count). The van der Waals surface area contributed by atoms with Crippen molar-refractivity contribution in [3.63, 3.8) is 0 Å². The molecule has 0 aliphatic heterocycles. The van der Waals surface area contributed by atoms with E-state index in [1.807, 2.05) is 6.92 Å². The number of carbonyl (C=O) groups is 1. The van der Waals surface area contributed by atoms with Crippen LogP contribution in [0.3, 0.4) is 0 Å². The zero-order valence-electron chi connectivity index (χ0n) is 9.37. The number of hydrogen-bond acceptors (Lipinski definition) is 4. The van der Waals surface area contributed by atoms with Crippen LogP contribution in [-0.2, 0) is 19.0 Å². The van der Waals surface area contributed by atoms with E-state index in [0.717, 1.165) is 26.1 Å². The second kappa shape index (κ2) is 11.4. The fourth-order valence-corrected chi connectivity index (χ4v) is 0.945. The van der Waals surface area contributed by atoms with Crippen LogP contribution in [0.2, 0.25) is 0 Å². The third kappa shape index (κ3) is 13.3. The zero-order chi connectivity index (χ0) is 11.4. The van der Waals surface area contributed by atoms with Gasteiger partial charge in [0.2, 0.25) is 5.91 Å². The monoisotopic (exact) mass is 221 g/mol. The average Bonchev–Trinajstić information content (AvgIpc) is 2.20. The first-order chi connectivity index (χ1) is 7.27. The Bertz CT molecular complexity index is 158. The van der Waals surface area contributed by atoms with Gasteiger partial charge in [0.05, 0.1) is 0 Å². The van der Waals surface area contributed by atoms with E-state index in [4.69, 9.17) is 19.9 Å². The molecule has 0 aromatic rings. The summed E-state index contributed by atoms with van der Waals surface area (Å²) < 4.78 is 15.4. The van der Waals surface area contributed by atoms with Gasteiger partial charge in [-0.15, -0.1) is 0 Å². The van der Waals surface area contributed by atoms with Gasteiger partial charge in [-0.1, -0.05) is 0 Å². The van der Waals surface area contributed by atoms with E-state index in [1.54, 1.807) is 0 Å². The van der Waals surface area contributed by atoms with E-state index < -0.39 is 5.91 Å². The van der Waals surface area contributed by atoms with E-state index in [2.05, 4.69) is 0 Å². The highest BCUT2D eigenvalue weighted by Gasteiger charge is 1.94. The minimum absolute atomic E-state index is 0. The normalized spacial score (nSPS) is 10.5. The quantitative estimate of drug-likeness (QED) is 0.518. The summed E-state index contributed by atoms with van der Waals surface area (Å²) in [5.41, 5.74) is 4.89. The number of rotatable bonds is 11. The SMILES string of the molecule is CCOCCCOCCCOCC(N)=O.[HH]. The molecule has 92 valence electrons. The highest BCUT2D eigenvalue weighted by Crippen LogP contribution is 1.88. The first-order valence-electron chi connectivity index (χ1n) is 5.29. The molecule has 0 bridgehead atoms. The van der Waals surface area contributed by atoms with Crippen LogP contribution in [0.1, 0.15) is 21.2 Å². The first-order valence-corrected chi connectivity index (χ1v) is 5.29. The molecule has 0 heterocycles. The molecule has 0 fully saturated rings. The maximum Gasteiger partial charge on any atom is 0.243 e. The van der Waals surface area contributed by atoms with Gasteiger partial charge in [-0.25, -0.2) is 0 Å². The second-order valence-electron chi connectivity index (χ2n) is 3.04. The van der Waals surface area contributed by atoms with Crippen molar-refractivity contribution in [3.05, 3.63) is 0 Å². The summed E-state index contributed by atoms with van der Waals surface area (Å²) in [6, 6.07) is 0. The lowest BCUT2D eigenvalue weighted by molar-refractivity contribution is -0.122. The number of amides is 1. The standard InChI is InChI=1S/C10H21NO4.H2/c1-2-13-5-3-6-14-7-4-8-15-9-10(11)12;/h2-9H2,1H3,(H2,11,12);1H. The van der Waals surface area contributed by atoms with Crippen molar-refractivity contribution in [2.45, 2.75) is 19.8 Å². The lowest BCUT2D eigenvalue weighted by Crippen LogP contribution is -2.18. The lowest BCUT2D eigenvalue weighted by atomic mass is 10.4. The lowest BCUT2D eigenvalue weighted by Gasteiger charge is -2.04. The van der Waals surface area contributed by atoms with Crippen LogP contribution < -0.4 is 5.73 Å². The summed E-state index contributed by atoms with van der Waals surface area (Å²) in [5, 5.41) is 0. The smallest absolute Gasteiger partial charge is 0.243 e. The number of carbonyl (C=O) groups excluding carboxylic acids is 1. The maximum absolute atomic E-state index is 10.3. The molecule has 2 N–H and O–H groups in total. The van der Waals surface area contributed by atoms with Crippen LogP contribution in [0.15, 0.2) is 0 Å². The maximum atomic E-state index is 10.3. The number of nitrogens with two attached hydrogens (primary N) is 1. The summed E-state index contributed by atoms with van der Waals surface area (Å²) >= 11 is 0. The summed E-state index contributed by atoms with van der Waals surface area (Å²) in [5.74, 6) is -0.437. The van der Waals surface area contributed by atoms with Crippen molar-refractivity contribution in [2.24, 2.45) is 5.73 Å². The Hall–Kier alpha value is -0.650. The van der Waals surface area contributed by atoms with Gasteiger partial charge in [0.15, 0.2) is 0 Å². The third-order valence-corrected chi connectivity index (χ3v) is 1.60. The van der Waals surface area contributed by atoms with Crippen molar-refractivity contribution >= 4 is 5.91 Å². The van der Waals surface area contributed by atoms with Gasteiger partial charge < -0.3 is 19.9 Å². The Kier molecular flexibility index (Phi) is 10.9. The molecule has 0 radical (unpaired) electrons. The molecule has 0 aliphatic carbocycles. The van der Waals surface area contributed by atoms with Crippen LogP contribution in [0, 0.1) is 0 Å². The molecular formula is C10H23NO4. The fourth-order valence-electron chi connectivity index (χ4n) is 0.945. The Balaban J connectivity index is 0. The Labute approximate surface area is 92.4 Å². The van der Waals surface area contributed by atoms with Gasteiger partial charge in [0.1, 0.15) is 6.61 Å². The van der Waals surface area contributed by atoms with Crippen molar-refractivity contribution in [2.75, 3.05) is 39.6 Å². The van der Waals surface area contributed by atoms with Crippen LogP contribution in [0.5, 0.6) is 0 Å². The van der Waals surface area contributed by atoms with Crippen LogP contribution in [0.25, 0.3) is 0 Å². The van der Waals surface area contributed by atoms with Gasteiger partial charge in [-0.05, 0) is 19.8 Å². The zero-order valence-corrected chi connectivity index (χ0v) is 9.37. The fraction of sp³-hybridized carbons (Fsp3) is 0.900. The topological polar surface area (TPSA) is 70.8 Å². The molecule has 0 unspecified atom stereocenters. The molecule has 0 aliphatic rings. The van der Waals surface area contributed by atoms with Crippen molar-refractivity contribution in [3.8, 4) is 0 Å². The summed E-state index contributed by atoms with van der Waals surface area (Å²) in [4.78, 5) is 10.3. The van der Waals surface area contributed by atoms with Crippen molar-refractivity contribution < 1.29 is 20.4 Å². The van der Waals surface area contributed by atoms with E-state index in [0.29, 0.717) is 19.8 Å². The predicted molar refractivity (Wildman–Crippen MR) is 58.7 cm³/mol. The summed E-state index contributed by atoms with van der Waals surface area (Å²) in [6.07, 6.45) is 1.69. The Morgan fingerprint density at radius 1 is 1.07 bits per heavy atom. The van der Waals surface area contributed by atoms with E-state index in [-0.39, 0.29) is 8.03 Å². The van der Waals surface area contributed by atoms with Gasteiger partial charge in [-0.3, -0.25) is 4.79 Å². The minimum Gasteiger partial charge on any atom is -0.382 e. The molecule has 1 amide bonds. The highest BCUT2D eigenvalue weighted by atomic mass is 16.5. The third-order valence-electron chi connectivity index (χ3n) is 1.60. The van der Waals surface area contributed by atoms with Crippen LogP contribution in [-0.4, -0.2) is 45.5 Å². The summed E-state index contributed by atoms with van der Waals surface area (Å²) in [7, 11) is 0. The molecule has 5 nitrogen and oxygen atoms in total.